The maximum Gasteiger partial charge on any atom is 0.203 e. The average molecular weight is 382 g/mol. The van der Waals surface area contributed by atoms with Crippen LogP contribution in [0.15, 0.2) is 24.5 Å². The monoisotopic (exact) mass is 382 g/mol. The summed E-state index contributed by atoms with van der Waals surface area (Å²) in [4.78, 5) is 0. The number of hydrogen-bond donors (Lipinski definition) is 0. The van der Waals surface area contributed by atoms with E-state index in [1.165, 1.54) is 0 Å². The Morgan fingerprint density at radius 2 is 1.59 bits per heavy atom. The summed E-state index contributed by atoms with van der Waals surface area (Å²) in [6, 6.07) is 3.60. The minimum absolute atomic E-state index is 0.0995. The lowest BCUT2D eigenvalue weighted by Gasteiger charge is -2.29. The van der Waals surface area contributed by atoms with Crippen LogP contribution in [0.4, 0.5) is 0 Å². The molecule has 1 aromatic carbocycles. The van der Waals surface area contributed by atoms with Crippen LogP contribution in [0.5, 0.6) is 17.2 Å². The summed E-state index contributed by atoms with van der Waals surface area (Å²) in [7, 11) is 4.73. The van der Waals surface area contributed by atoms with E-state index in [4.69, 9.17) is 33.2 Å². The Morgan fingerprint density at radius 1 is 1.00 bits per heavy atom. The van der Waals surface area contributed by atoms with Crippen LogP contribution in [0, 0.1) is 5.41 Å². The molecule has 7 nitrogen and oxygen atoms in total. The fourth-order valence-corrected chi connectivity index (χ4v) is 2.68. The quantitative estimate of drug-likeness (QED) is 0.636. The molecule has 1 aromatic rings. The third kappa shape index (κ3) is 5.76. The lowest BCUT2D eigenvalue weighted by molar-refractivity contribution is -0.159. The summed E-state index contributed by atoms with van der Waals surface area (Å²) in [6.45, 7) is 6.82. The lowest BCUT2D eigenvalue weighted by Crippen LogP contribution is -2.30. The van der Waals surface area contributed by atoms with Gasteiger partial charge in [-0.15, -0.1) is 0 Å². The Hall–Kier alpha value is -1.96. The molecule has 1 aliphatic heterocycles. The second-order valence-electron chi connectivity index (χ2n) is 7.24. The number of hydrogen-bond acceptors (Lipinski definition) is 7. The molecular weight excluding hydrogens is 352 g/mol. The van der Waals surface area contributed by atoms with Gasteiger partial charge in [-0.1, -0.05) is 20.8 Å². The summed E-state index contributed by atoms with van der Waals surface area (Å²) in [5.41, 5.74) is 0.670. The molecule has 0 fully saturated rings. The Balaban J connectivity index is 2.39. The van der Waals surface area contributed by atoms with Gasteiger partial charge in [0.2, 0.25) is 6.29 Å². The average Bonchev–Trinajstić information content (AvgIpc) is 2.90. The van der Waals surface area contributed by atoms with E-state index in [-0.39, 0.29) is 31.2 Å². The number of methoxy groups -OCH3 is 3. The molecule has 2 rings (SSSR count). The van der Waals surface area contributed by atoms with Crippen molar-refractivity contribution in [1.82, 2.24) is 0 Å². The Bertz CT molecular complexity index is 592. The van der Waals surface area contributed by atoms with Gasteiger partial charge in [-0.05, 0) is 6.08 Å². The van der Waals surface area contributed by atoms with E-state index >= 15 is 0 Å². The van der Waals surface area contributed by atoms with E-state index in [0.29, 0.717) is 23.9 Å². The highest BCUT2D eigenvalue weighted by atomic mass is 16.7. The van der Waals surface area contributed by atoms with Crippen molar-refractivity contribution in [1.29, 1.82) is 0 Å². The van der Waals surface area contributed by atoms with Gasteiger partial charge >= 0.3 is 0 Å². The van der Waals surface area contributed by atoms with Crippen LogP contribution in [-0.2, 0) is 18.9 Å². The third-order valence-corrected chi connectivity index (χ3v) is 4.00. The first-order chi connectivity index (χ1) is 12.9. The molecule has 0 amide bonds. The van der Waals surface area contributed by atoms with Gasteiger partial charge in [0.25, 0.3) is 0 Å². The Labute approximate surface area is 161 Å². The molecule has 0 aromatic heterocycles. The topological polar surface area (TPSA) is 64.6 Å². The molecule has 27 heavy (non-hydrogen) atoms. The highest BCUT2D eigenvalue weighted by molar-refractivity contribution is 5.53. The van der Waals surface area contributed by atoms with E-state index in [0.717, 1.165) is 5.56 Å². The zero-order valence-electron chi connectivity index (χ0n) is 16.9. The van der Waals surface area contributed by atoms with Crippen molar-refractivity contribution in [2.75, 3.05) is 41.5 Å². The molecular formula is C20H30O7. The van der Waals surface area contributed by atoms with Gasteiger partial charge in [0, 0.05) is 43.2 Å². The highest BCUT2D eigenvalue weighted by Gasteiger charge is 2.31. The Kier molecular flexibility index (Phi) is 7.77. The molecule has 0 spiro atoms. The van der Waals surface area contributed by atoms with Crippen molar-refractivity contribution >= 4 is 0 Å². The van der Waals surface area contributed by atoms with Crippen LogP contribution in [-0.4, -0.2) is 47.8 Å². The molecule has 0 bridgehead atoms. The molecule has 2 atom stereocenters. The molecule has 0 aliphatic carbocycles. The Morgan fingerprint density at radius 3 is 2.07 bits per heavy atom. The first-order valence-corrected chi connectivity index (χ1v) is 8.79. The van der Waals surface area contributed by atoms with E-state index < -0.39 is 0 Å². The van der Waals surface area contributed by atoms with Crippen molar-refractivity contribution in [3.05, 3.63) is 30.0 Å². The lowest BCUT2D eigenvalue weighted by atomic mass is 9.95. The fraction of sp³-hybridized carbons (Fsp3) is 0.600. The van der Waals surface area contributed by atoms with E-state index in [1.807, 2.05) is 6.08 Å². The third-order valence-electron chi connectivity index (χ3n) is 4.00. The molecule has 0 N–H and O–H groups in total. The van der Waals surface area contributed by atoms with Crippen molar-refractivity contribution in [2.24, 2.45) is 5.41 Å². The SMILES string of the molecule is COCOc1cc(OC)cc(OCOC)c1C1C=COC(C(C)(C)C)OC1. The summed E-state index contributed by atoms with van der Waals surface area (Å²) in [5, 5.41) is 0. The first-order valence-electron chi connectivity index (χ1n) is 8.79. The largest absolute Gasteiger partial charge is 0.496 e. The fourth-order valence-electron chi connectivity index (χ4n) is 2.68. The van der Waals surface area contributed by atoms with Crippen molar-refractivity contribution < 1.29 is 33.2 Å². The molecule has 1 heterocycles. The van der Waals surface area contributed by atoms with Crippen LogP contribution < -0.4 is 14.2 Å². The number of rotatable bonds is 8. The molecule has 0 radical (unpaired) electrons. The van der Waals surface area contributed by atoms with Crippen molar-refractivity contribution in [3.8, 4) is 17.2 Å². The summed E-state index contributed by atoms with van der Waals surface area (Å²) in [5.74, 6) is 1.66. The molecule has 7 heteroatoms. The first kappa shape index (κ1) is 21.3. The minimum atomic E-state index is -0.344. The highest BCUT2D eigenvalue weighted by Crippen LogP contribution is 2.41. The molecule has 1 aliphatic rings. The van der Waals surface area contributed by atoms with Crippen LogP contribution in [0.3, 0.4) is 0 Å². The van der Waals surface area contributed by atoms with Crippen LogP contribution in [0.25, 0.3) is 0 Å². The van der Waals surface area contributed by atoms with Crippen molar-refractivity contribution in [3.63, 3.8) is 0 Å². The van der Waals surface area contributed by atoms with Gasteiger partial charge in [-0.25, -0.2) is 0 Å². The second kappa shape index (κ2) is 9.82. The van der Waals surface area contributed by atoms with Gasteiger partial charge < -0.3 is 33.2 Å². The van der Waals surface area contributed by atoms with Crippen LogP contribution >= 0.6 is 0 Å². The zero-order chi connectivity index (χ0) is 19.9. The summed E-state index contributed by atoms with van der Waals surface area (Å²) >= 11 is 0. The summed E-state index contributed by atoms with van der Waals surface area (Å²) in [6.07, 6.45) is 3.27. The van der Waals surface area contributed by atoms with Gasteiger partial charge in [0.15, 0.2) is 13.6 Å². The molecule has 0 saturated carbocycles. The molecule has 2 unspecified atom stereocenters. The normalized spacial score (nSPS) is 19.9. The number of ether oxygens (including phenoxy) is 7. The predicted molar refractivity (Wildman–Crippen MR) is 100 cm³/mol. The van der Waals surface area contributed by atoms with Gasteiger partial charge in [0.05, 0.1) is 20.0 Å². The standard InChI is InChI=1S/C20H30O7/c1-20(2,3)19-24-8-7-14(11-25-19)18-16(26-12-21-4)9-15(23-6)10-17(18)27-13-22-5/h7-10,14,19H,11-13H2,1-6H3. The summed E-state index contributed by atoms with van der Waals surface area (Å²) < 4.78 is 38.8. The molecule has 152 valence electrons. The number of benzene rings is 1. The van der Waals surface area contributed by atoms with Gasteiger partial charge in [-0.2, -0.15) is 0 Å². The van der Waals surface area contributed by atoms with E-state index in [1.54, 1.807) is 39.7 Å². The second-order valence-corrected chi connectivity index (χ2v) is 7.24. The van der Waals surface area contributed by atoms with Crippen LogP contribution in [0.2, 0.25) is 0 Å². The molecule has 0 saturated heterocycles. The van der Waals surface area contributed by atoms with Crippen LogP contribution in [0.1, 0.15) is 32.3 Å². The van der Waals surface area contributed by atoms with Gasteiger partial charge in [-0.3, -0.25) is 0 Å². The minimum Gasteiger partial charge on any atom is -0.496 e. The van der Waals surface area contributed by atoms with Crippen molar-refractivity contribution in [2.45, 2.75) is 33.0 Å². The smallest absolute Gasteiger partial charge is 0.203 e. The van der Waals surface area contributed by atoms with E-state index in [2.05, 4.69) is 20.8 Å². The van der Waals surface area contributed by atoms with Gasteiger partial charge in [0.1, 0.15) is 17.2 Å². The zero-order valence-corrected chi connectivity index (χ0v) is 16.9. The predicted octanol–water partition coefficient (Wildman–Crippen LogP) is 3.68. The maximum absolute atomic E-state index is 6.02. The maximum atomic E-state index is 6.02. The van der Waals surface area contributed by atoms with E-state index in [9.17, 15) is 0 Å².